The minimum absolute atomic E-state index is 0.0531. The topological polar surface area (TPSA) is 63.4 Å². The van der Waals surface area contributed by atoms with E-state index in [0.29, 0.717) is 6.42 Å². The zero-order chi connectivity index (χ0) is 18.8. The minimum atomic E-state index is -0.0697. The predicted octanol–water partition coefficient (Wildman–Crippen LogP) is 4.33. The average molecular weight is 364 g/mol. The summed E-state index contributed by atoms with van der Waals surface area (Å²) in [5, 5.41) is 4.22. The number of nitrogens with one attached hydrogen (secondary N) is 2. The number of para-hydroxylation sites is 1. The van der Waals surface area contributed by atoms with Crippen LogP contribution in [0.25, 0.3) is 10.9 Å². The second kappa shape index (κ2) is 7.35. The highest BCUT2D eigenvalue weighted by Gasteiger charge is 2.24. The summed E-state index contributed by atoms with van der Waals surface area (Å²) in [4.78, 5) is 16.0. The molecule has 2 heterocycles. The molecule has 2 N–H and O–H groups in total. The average Bonchev–Trinajstić information content (AvgIpc) is 3.32. The molecule has 5 nitrogen and oxygen atoms in total. The molecule has 1 aromatic heterocycles. The van der Waals surface area contributed by atoms with Gasteiger partial charge in [0.25, 0.3) is 0 Å². The number of carbonyl (C=O) groups is 1. The maximum Gasteiger partial charge on any atom is 0.231 e. The van der Waals surface area contributed by atoms with E-state index in [9.17, 15) is 4.79 Å². The van der Waals surface area contributed by atoms with Gasteiger partial charge < -0.3 is 19.8 Å². The Morgan fingerprint density at radius 2 is 2.00 bits per heavy atom. The number of aromatic amines is 1. The van der Waals surface area contributed by atoms with Crippen molar-refractivity contribution in [3.05, 3.63) is 59.8 Å². The van der Waals surface area contributed by atoms with E-state index in [0.717, 1.165) is 39.9 Å². The van der Waals surface area contributed by atoms with Gasteiger partial charge in [-0.3, -0.25) is 4.79 Å². The number of ether oxygens (including phenoxy) is 2. The summed E-state index contributed by atoms with van der Waals surface area (Å²) in [7, 11) is 0. The lowest BCUT2D eigenvalue weighted by molar-refractivity contribution is -0.121. The molecule has 1 aliphatic heterocycles. The summed E-state index contributed by atoms with van der Waals surface area (Å²) in [6, 6.07) is 14.3. The predicted molar refractivity (Wildman–Crippen MR) is 105 cm³/mol. The van der Waals surface area contributed by atoms with E-state index in [1.165, 1.54) is 0 Å². The van der Waals surface area contributed by atoms with Gasteiger partial charge in [0.1, 0.15) is 0 Å². The van der Waals surface area contributed by atoms with Gasteiger partial charge in [0.05, 0.1) is 0 Å². The first-order chi connectivity index (χ1) is 13.2. The number of hydrogen-bond acceptors (Lipinski definition) is 3. The van der Waals surface area contributed by atoms with Crippen LogP contribution in [-0.4, -0.2) is 23.7 Å². The highest BCUT2D eigenvalue weighted by atomic mass is 16.7. The van der Waals surface area contributed by atoms with Crippen LogP contribution in [0.2, 0.25) is 0 Å². The lowest BCUT2D eigenvalue weighted by atomic mass is 9.87. The third kappa shape index (κ3) is 3.50. The number of fused-ring (bicyclic) bond motifs is 2. The first-order valence-electron chi connectivity index (χ1n) is 9.40. The second-order valence-corrected chi connectivity index (χ2v) is 7.04. The Hall–Kier alpha value is -2.95. The zero-order valence-electron chi connectivity index (χ0n) is 15.6. The summed E-state index contributed by atoms with van der Waals surface area (Å²) in [5.74, 6) is 1.47. The Morgan fingerprint density at radius 3 is 2.85 bits per heavy atom. The third-order valence-corrected chi connectivity index (χ3v) is 5.20. The SMILES string of the molecule is CC[C@@H](C)NC(=O)C[C@H](c1ccc2c(c1)OCO2)c1c[nH]c2ccccc12. The molecule has 0 bridgehead atoms. The maximum atomic E-state index is 12.7. The van der Waals surface area contributed by atoms with Gasteiger partial charge in [0.15, 0.2) is 11.5 Å². The molecule has 1 aliphatic rings. The number of hydrogen-bond donors (Lipinski definition) is 2. The molecule has 2 atom stereocenters. The molecule has 0 fully saturated rings. The van der Waals surface area contributed by atoms with Crippen molar-refractivity contribution in [3.8, 4) is 11.5 Å². The van der Waals surface area contributed by atoms with Gasteiger partial charge in [0.2, 0.25) is 12.7 Å². The number of H-pyrrole nitrogens is 1. The van der Waals surface area contributed by atoms with E-state index >= 15 is 0 Å². The smallest absolute Gasteiger partial charge is 0.231 e. The van der Waals surface area contributed by atoms with Crippen molar-refractivity contribution in [3.63, 3.8) is 0 Å². The molecular formula is C22H24N2O3. The zero-order valence-corrected chi connectivity index (χ0v) is 15.6. The van der Waals surface area contributed by atoms with E-state index < -0.39 is 0 Å². The van der Waals surface area contributed by atoms with E-state index in [1.54, 1.807) is 0 Å². The van der Waals surface area contributed by atoms with Crippen LogP contribution in [0.5, 0.6) is 11.5 Å². The van der Waals surface area contributed by atoms with Crippen molar-refractivity contribution < 1.29 is 14.3 Å². The Morgan fingerprint density at radius 1 is 1.19 bits per heavy atom. The van der Waals surface area contributed by atoms with Gasteiger partial charge in [-0.1, -0.05) is 31.2 Å². The van der Waals surface area contributed by atoms with Gasteiger partial charge >= 0.3 is 0 Å². The fraction of sp³-hybridized carbons (Fsp3) is 0.318. The summed E-state index contributed by atoms with van der Waals surface area (Å²) in [5.41, 5.74) is 3.23. The van der Waals surface area contributed by atoms with Crippen molar-refractivity contribution in [2.75, 3.05) is 6.79 Å². The largest absolute Gasteiger partial charge is 0.454 e. The summed E-state index contributed by atoms with van der Waals surface area (Å²) < 4.78 is 11.0. The maximum absolute atomic E-state index is 12.7. The molecule has 140 valence electrons. The Balaban J connectivity index is 1.72. The fourth-order valence-electron chi connectivity index (χ4n) is 3.54. The van der Waals surface area contributed by atoms with Crippen molar-refractivity contribution in [2.45, 2.75) is 38.6 Å². The van der Waals surface area contributed by atoms with Gasteiger partial charge in [-0.2, -0.15) is 0 Å². The fourth-order valence-corrected chi connectivity index (χ4v) is 3.54. The quantitative estimate of drug-likeness (QED) is 0.684. The highest BCUT2D eigenvalue weighted by molar-refractivity contribution is 5.86. The second-order valence-electron chi connectivity index (χ2n) is 7.04. The van der Waals surface area contributed by atoms with Crippen molar-refractivity contribution in [1.82, 2.24) is 10.3 Å². The monoisotopic (exact) mass is 364 g/mol. The van der Waals surface area contributed by atoms with Crippen LogP contribution in [0.15, 0.2) is 48.7 Å². The molecule has 0 aliphatic carbocycles. The first kappa shape index (κ1) is 17.5. The molecule has 0 saturated carbocycles. The molecule has 2 aromatic carbocycles. The highest BCUT2D eigenvalue weighted by Crippen LogP contribution is 2.39. The molecule has 0 saturated heterocycles. The van der Waals surface area contributed by atoms with Crippen molar-refractivity contribution in [2.24, 2.45) is 0 Å². The molecule has 3 aromatic rings. The number of amides is 1. The molecule has 5 heteroatoms. The summed E-state index contributed by atoms with van der Waals surface area (Å²) in [6.07, 6.45) is 3.30. The van der Waals surface area contributed by atoms with E-state index in [2.05, 4.69) is 29.4 Å². The van der Waals surface area contributed by atoms with Crippen LogP contribution >= 0.6 is 0 Å². The van der Waals surface area contributed by atoms with Crippen LogP contribution in [0.4, 0.5) is 0 Å². The van der Waals surface area contributed by atoms with Crippen LogP contribution in [0, 0.1) is 0 Å². The molecule has 0 spiro atoms. The van der Waals surface area contributed by atoms with E-state index in [-0.39, 0.29) is 24.7 Å². The number of rotatable bonds is 6. The van der Waals surface area contributed by atoms with Crippen LogP contribution in [0.3, 0.4) is 0 Å². The molecular weight excluding hydrogens is 340 g/mol. The van der Waals surface area contributed by atoms with E-state index in [4.69, 9.17) is 9.47 Å². The van der Waals surface area contributed by atoms with E-state index in [1.807, 2.05) is 43.5 Å². The molecule has 4 rings (SSSR count). The Labute approximate surface area is 158 Å². The minimum Gasteiger partial charge on any atom is -0.454 e. The lowest BCUT2D eigenvalue weighted by Gasteiger charge is -2.19. The Bertz CT molecular complexity index is 963. The molecule has 0 unspecified atom stereocenters. The molecule has 0 radical (unpaired) electrons. The van der Waals surface area contributed by atoms with Gasteiger partial charge in [-0.25, -0.2) is 0 Å². The number of aromatic nitrogens is 1. The van der Waals surface area contributed by atoms with Crippen LogP contribution in [0.1, 0.15) is 43.7 Å². The molecule has 27 heavy (non-hydrogen) atoms. The molecule has 1 amide bonds. The first-order valence-corrected chi connectivity index (χ1v) is 9.40. The Kier molecular flexibility index (Phi) is 4.75. The standard InChI is InChI=1S/C22H24N2O3/c1-3-14(2)24-22(25)11-17(15-8-9-20-21(10-15)27-13-26-20)18-12-23-19-7-5-4-6-16(18)19/h4-10,12,14,17,23H,3,11,13H2,1-2H3,(H,24,25)/t14-,17-/m1/s1. The summed E-state index contributed by atoms with van der Waals surface area (Å²) >= 11 is 0. The van der Waals surface area contributed by atoms with Crippen LogP contribution < -0.4 is 14.8 Å². The van der Waals surface area contributed by atoms with Crippen molar-refractivity contribution in [1.29, 1.82) is 0 Å². The van der Waals surface area contributed by atoms with Crippen LogP contribution in [-0.2, 0) is 4.79 Å². The third-order valence-electron chi connectivity index (χ3n) is 5.20. The number of benzene rings is 2. The lowest BCUT2D eigenvalue weighted by Crippen LogP contribution is -2.33. The van der Waals surface area contributed by atoms with Gasteiger partial charge in [-0.15, -0.1) is 0 Å². The van der Waals surface area contributed by atoms with Gasteiger partial charge in [-0.05, 0) is 42.7 Å². The van der Waals surface area contributed by atoms with Crippen molar-refractivity contribution >= 4 is 16.8 Å². The van der Waals surface area contributed by atoms with Gasteiger partial charge in [0, 0.05) is 35.5 Å². The summed E-state index contributed by atoms with van der Waals surface area (Å²) in [6.45, 7) is 4.34. The normalized spacial score (nSPS) is 14.9. The number of carbonyl (C=O) groups excluding carboxylic acids is 1.